The molecule has 1 aromatic heterocycles. The third-order valence-electron chi connectivity index (χ3n) is 5.04. The Kier molecular flexibility index (Phi) is 6.21. The molecule has 156 valence electrons. The Morgan fingerprint density at radius 3 is 2.45 bits per heavy atom. The second-order valence-electron chi connectivity index (χ2n) is 7.41. The molecule has 0 unspecified atom stereocenters. The van der Waals surface area contributed by atoms with Crippen LogP contribution in [-0.2, 0) is 10.0 Å². The molecule has 1 fully saturated rings. The van der Waals surface area contributed by atoms with E-state index >= 15 is 0 Å². The van der Waals surface area contributed by atoms with Crippen LogP contribution in [0, 0.1) is 6.92 Å². The van der Waals surface area contributed by atoms with Gasteiger partial charge in [-0.25, -0.2) is 17.7 Å². The predicted octanol–water partition coefficient (Wildman–Crippen LogP) is 1.64. The number of rotatable bonds is 5. The van der Waals surface area contributed by atoms with Gasteiger partial charge in [-0.2, -0.15) is 0 Å². The summed E-state index contributed by atoms with van der Waals surface area (Å²) in [5.41, 5.74) is 1.53. The standard InChI is InChI=1S/C20H27N5O3S/c1-15-5-6-17(14-18(15)29(27,28)23(2)3)22-20(26)16-7-8-21-19(13-16)25-11-9-24(4)10-12-25/h5-8,13-14H,9-12H2,1-4H3,(H,22,26). The Labute approximate surface area is 172 Å². The lowest BCUT2D eigenvalue weighted by molar-refractivity contribution is 0.102. The molecule has 0 saturated carbocycles. The van der Waals surface area contributed by atoms with Crippen LogP contribution in [0.1, 0.15) is 15.9 Å². The average Bonchev–Trinajstić information content (AvgIpc) is 2.69. The van der Waals surface area contributed by atoms with Crippen LogP contribution >= 0.6 is 0 Å². The van der Waals surface area contributed by atoms with Crippen LogP contribution in [0.3, 0.4) is 0 Å². The van der Waals surface area contributed by atoms with Crippen molar-refractivity contribution in [1.29, 1.82) is 0 Å². The Hall–Kier alpha value is -2.49. The number of likely N-dealkylation sites (N-methyl/N-ethyl adjacent to an activating group) is 1. The third kappa shape index (κ3) is 4.75. The normalized spacial score (nSPS) is 15.6. The Morgan fingerprint density at radius 1 is 1.10 bits per heavy atom. The molecule has 1 saturated heterocycles. The van der Waals surface area contributed by atoms with E-state index in [4.69, 9.17) is 0 Å². The SMILES string of the molecule is Cc1ccc(NC(=O)c2ccnc(N3CCN(C)CC3)c2)cc1S(=O)(=O)N(C)C. The van der Waals surface area contributed by atoms with Crippen molar-refractivity contribution >= 4 is 27.4 Å². The number of piperazine rings is 1. The van der Waals surface area contributed by atoms with E-state index in [0.717, 1.165) is 36.3 Å². The first-order chi connectivity index (χ1) is 13.7. The van der Waals surface area contributed by atoms with E-state index in [1.165, 1.54) is 20.2 Å². The van der Waals surface area contributed by atoms with E-state index < -0.39 is 10.0 Å². The van der Waals surface area contributed by atoms with Crippen LogP contribution < -0.4 is 10.2 Å². The number of carbonyl (C=O) groups is 1. The maximum atomic E-state index is 12.8. The minimum absolute atomic E-state index is 0.174. The minimum atomic E-state index is -3.59. The van der Waals surface area contributed by atoms with Crippen molar-refractivity contribution in [1.82, 2.24) is 14.2 Å². The summed E-state index contributed by atoms with van der Waals surface area (Å²) < 4.78 is 26.2. The quantitative estimate of drug-likeness (QED) is 0.796. The van der Waals surface area contributed by atoms with E-state index in [2.05, 4.69) is 27.1 Å². The van der Waals surface area contributed by atoms with Crippen molar-refractivity contribution in [3.63, 3.8) is 0 Å². The van der Waals surface area contributed by atoms with Crippen molar-refractivity contribution in [3.8, 4) is 0 Å². The van der Waals surface area contributed by atoms with E-state index in [1.54, 1.807) is 37.4 Å². The minimum Gasteiger partial charge on any atom is -0.354 e. The molecule has 8 nitrogen and oxygen atoms in total. The summed E-state index contributed by atoms with van der Waals surface area (Å²) in [6.45, 7) is 5.35. The first-order valence-electron chi connectivity index (χ1n) is 9.42. The second kappa shape index (κ2) is 8.48. The van der Waals surface area contributed by atoms with Gasteiger partial charge in [0.05, 0.1) is 4.90 Å². The maximum Gasteiger partial charge on any atom is 0.255 e. The van der Waals surface area contributed by atoms with Gasteiger partial charge in [-0.3, -0.25) is 4.79 Å². The highest BCUT2D eigenvalue weighted by atomic mass is 32.2. The molecule has 0 spiro atoms. The summed E-state index contributed by atoms with van der Waals surface area (Å²) in [7, 11) is 1.46. The highest BCUT2D eigenvalue weighted by Gasteiger charge is 2.21. The highest BCUT2D eigenvalue weighted by molar-refractivity contribution is 7.89. The highest BCUT2D eigenvalue weighted by Crippen LogP contribution is 2.23. The van der Waals surface area contributed by atoms with Crippen LogP contribution in [0.4, 0.5) is 11.5 Å². The number of aromatic nitrogens is 1. The predicted molar refractivity (Wildman–Crippen MR) is 114 cm³/mol. The van der Waals surface area contributed by atoms with Crippen molar-refractivity contribution < 1.29 is 13.2 Å². The zero-order valence-electron chi connectivity index (χ0n) is 17.2. The monoisotopic (exact) mass is 417 g/mol. The molecule has 1 amide bonds. The van der Waals surface area contributed by atoms with Gasteiger partial charge in [0, 0.05) is 57.7 Å². The number of nitrogens with one attached hydrogen (secondary N) is 1. The summed E-state index contributed by atoms with van der Waals surface area (Å²) in [6, 6.07) is 8.30. The number of hydrogen-bond acceptors (Lipinski definition) is 6. The number of carbonyl (C=O) groups excluding carboxylic acids is 1. The van der Waals surface area contributed by atoms with E-state index in [0.29, 0.717) is 16.8 Å². The summed E-state index contributed by atoms with van der Waals surface area (Å²) >= 11 is 0. The molecule has 2 heterocycles. The fourth-order valence-corrected chi connectivity index (χ4v) is 4.27. The Bertz CT molecular complexity index is 999. The van der Waals surface area contributed by atoms with Gasteiger partial charge in [-0.1, -0.05) is 6.07 Å². The van der Waals surface area contributed by atoms with E-state index in [-0.39, 0.29) is 10.8 Å². The number of nitrogens with zero attached hydrogens (tertiary/aromatic N) is 4. The number of anilines is 2. The largest absolute Gasteiger partial charge is 0.354 e. The van der Waals surface area contributed by atoms with Gasteiger partial charge in [0.25, 0.3) is 5.91 Å². The molecule has 0 aliphatic carbocycles. The van der Waals surface area contributed by atoms with E-state index in [1.807, 2.05) is 0 Å². The van der Waals surface area contributed by atoms with Crippen molar-refractivity contribution in [2.45, 2.75) is 11.8 Å². The van der Waals surface area contributed by atoms with Gasteiger partial charge >= 0.3 is 0 Å². The fourth-order valence-electron chi connectivity index (χ4n) is 3.12. The molecule has 1 aromatic carbocycles. The molecule has 1 aliphatic heterocycles. The number of amides is 1. The Morgan fingerprint density at radius 2 is 1.79 bits per heavy atom. The molecule has 1 aliphatic rings. The number of sulfonamides is 1. The first-order valence-corrected chi connectivity index (χ1v) is 10.9. The van der Waals surface area contributed by atoms with Crippen LogP contribution in [-0.4, -0.2) is 75.8 Å². The van der Waals surface area contributed by atoms with Gasteiger partial charge in [0.1, 0.15) is 5.82 Å². The van der Waals surface area contributed by atoms with Gasteiger partial charge in [0.15, 0.2) is 0 Å². The van der Waals surface area contributed by atoms with Gasteiger partial charge in [-0.05, 0) is 43.8 Å². The summed E-state index contributed by atoms with van der Waals surface area (Å²) in [5, 5.41) is 2.80. The molecule has 0 radical (unpaired) electrons. The zero-order valence-corrected chi connectivity index (χ0v) is 18.0. The zero-order chi connectivity index (χ0) is 21.2. The topological polar surface area (TPSA) is 85.9 Å². The number of benzene rings is 1. The Balaban J connectivity index is 1.80. The van der Waals surface area contributed by atoms with Crippen molar-refractivity contribution in [3.05, 3.63) is 47.7 Å². The van der Waals surface area contributed by atoms with Crippen molar-refractivity contribution in [2.75, 3.05) is 57.5 Å². The molecular weight excluding hydrogens is 390 g/mol. The lowest BCUT2D eigenvalue weighted by atomic mass is 10.2. The molecule has 0 atom stereocenters. The molecule has 2 aromatic rings. The molecule has 0 bridgehead atoms. The molecule has 9 heteroatoms. The third-order valence-corrected chi connectivity index (χ3v) is 7.00. The second-order valence-corrected chi connectivity index (χ2v) is 9.54. The molecule has 1 N–H and O–H groups in total. The smallest absolute Gasteiger partial charge is 0.255 e. The van der Waals surface area contributed by atoms with Gasteiger partial charge in [-0.15, -0.1) is 0 Å². The summed E-state index contributed by atoms with van der Waals surface area (Å²) in [6.07, 6.45) is 1.62. The molecule has 29 heavy (non-hydrogen) atoms. The first kappa shape index (κ1) is 21.2. The summed E-state index contributed by atoms with van der Waals surface area (Å²) in [5.74, 6) is 0.463. The lowest BCUT2D eigenvalue weighted by Crippen LogP contribution is -2.44. The number of hydrogen-bond donors (Lipinski definition) is 1. The number of pyridine rings is 1. The van der Waals surface area contributed by atoms with Gasteiger partial charge < -0.3 is 15.1 Å². The van der Waals surface area contributed by atoms with Crippen LogP contribution in [0.15, 0.2) is 41.4 Å². The van der Waals surface area contributed by atoms with Gasteiger partial charge in [0.2, 0.25) is 10.0 Å². The maximum absolute atomic E-state index is 12.8. The van der Waals surface area contributed by atoms with Crippen LogP contribution in [0.5, 0.6) is 0 Å². The van der Waals surface area contributed by atoms with Crippen LogP contribution in [0.25, 0.3) is 0 Å². The lowest BCUT2D eigenvalue weighted by Gasteiger charge is -2.33. The fraction of sp³-hybridized carbons (Fsp3) is 0.400. The summed E-state index contributed by atoms with van der Waals surface area (Å²) in [4.78, 5) is 21.7. The molecule has 3 rings (SSSR count). The van der Waals surface area contributed by atoms with E-state index in [9.17, 15) is 13.2 Å². The van der Waals surface area contributed by atoms with Crippen molar-refractivity contribution in [2.24, 2.45) is 0 Å². The average molecular weight is 418 g/mol. The number of aryl methyl sites for hydroxylation is 1. The molecular formula is C20H27N5O3S. The van der Waals surface area contributed by atoms with Crippen LogP contribution in [0.2, 0.25) is 0 Å².